The number of nitrogens with one attached hydrogen (secondary N) is 1. The summed E-state index contributed by atoms with van der Waals surface area (Å²) in [5, 5.41) is 12.4. The van der Waals surface area contributed by atoms with Crippen LogP contribution in [-0.2, 0) is 13.1 Å². The Labute approximate surface area is 173 Å². The summed E-state index contributed by atoms with van der Waals surface area (Å²) in [6.45, 7) is 5.05. The van der Waals surface area contributed by atoms with Gasteiger partial charge in [-0.25, -0.2) is 14.3 Å². The SMILES string of the molecule is CC(C)Cn1nc(C(=O)Nc2ccc(Cn3cncn3)cc2)c2ccccc2c1=O. The number of hydrogen-bond acceptors (Lipinski definition) is 5. The van der Waals surface area contributed by atoms with Crippen molar-refractivity contribution in [3.8, 4) is 0 Å². The molecule has 2 heterocycles. The first-order valence-electron chi connectivity index (χ1n) is 9.74. The highest BCUT2D eigenvalue weighted by molar-refractivity contribution is 6.11. The van der Waals surface area contributed by atoms with E-state index < -0.39 is 0 Å². The third kappa shape index (κ3) is 4.12. The lowest BCUT2D eigenvalue weighted by atomic mass is 10.1. The van der Waals surface area contributed by atoms with Crippen LogP contribution in [0.3, 0.4) is 0 Å². The molecular formula is C22H22N6O2. The molecule has 30 heavy (non-hydrogen) atoms. The van der Waals surface area contributed by atoms with Gasteiger partial charge in [-0.2, -0.15) is 10.2 Å². The van der Waals surface area contributed by atoms with Crippen molar-refractivity contribution >= 4 is 22.4 Å². The van der Waals surface area contributed by atoms with Crippen LogP contribution in [0.2, 0.25) is 0 Å². The highest BCUT2D eigenvalue weighted by Gasteiger charge is 2.17. The molecule has 0 aliphatic rings. The molecule has 0 bridgehead atoms. The third-order valence-electron chi connectivity index (χ3n) is 4.64. The first-order valence-corrected chi connectivity index (χ1v) is 9.74. The summed E-state index contributed by atoms with van der Waals surface area (Å²) in [6, 6.07) is 14.6. The van der Waals surface area contributed by atoms with Gasteiger partial charge < -0.3 is 5.32 Å². The zero-order valence-corrected chi connectivity index (χ0v) is 16.8. The number of hydrogen-bond donors (Lipinski definition) is 1. The highest BCUT2D eigenvalue weighted by Crippen LogP contribution is 2.17. The average molecular weight is 402 g/mol. The first kappa shape index (κ1) is 19.5. The molecule has 0 saturated carbocycles. The summed E-state index contributed by atoms with van der Waals surface area (Å²) < 4.78 is 3.10. The molecule has 2 aromatic heterocycles. The average Bonchev–Trinajstić information content (AvgIpc) is 3.24. The fourth-order valence-corrected chi connectivity index (χ4v) is 3.26. The second-order valence-corrected chi connectivity index (χ2v) is 7.52. The second-order valence-electron chi connectivity index (χ2n) is 7.52. The van der Waals surface area contributed by atoms with Gasteiger partial charge in [-0.3, -0.25) is 9.59 Å². The fraction of sp³-hybridized carbons (Fsp3) is 0.227. The largest absolute Gasteiger partial charge is 0.321 e. The minimum atomic E-state index is -0.354. The molecule has 0 spiro atoms. The summed E-state index contributed by atoms with van der Waals surface area (Å²) in [4.78, 5) is 29.7. The Morgan fingerprint density at radius 3 is 2.47 bits per heavy atom. The van der Waals surface area contributed by atoms with Gasteiger partial charge in [0.05, 0.1) is 11.9 Å². The van der Waals surface area contributed by atoms with Crippen LogP contribution in [0.1, 0.15) is 29.9 Å². The number of carbonyl (C=O) groups excluding carboxylic acids is 1. The predicted molar refractivity (Wildman–Crippen MR) is 114 cm³/mol. The van der Waals surface area contributed by atoms with Gasteiger partial charge in [-0.1, -0.05) is 44.2 Å². The van der Waals surface area contributed by atoms with Crippen LogP contribution in [0.15, 0.2) is 66.0 Å². The Hall–Kier alpha value is -3.81. The van der Waals surface area contributed by atoms with E-state index in [0.717, 1.165) is 5.56 Å². The minimum Gasteiger partial charge on any atom is -0.321 e. The molecule has 0 fully saturated rings. The number of benzene rings is 2. The smallest absolute Gasteiger partial charge is 0.276 e. The van der Waals surface area contributed by atoms with Crippen LogP contribution >= 0.6 is 0 Å². The quantitative estimate of drug-likeness (QED) is 0.535. The molecule has 0 radical (unpaired) electrons. The summed E-state index contributed by atoms with van der Waals surface area (Å²) in [5.74, 6) is -0.127. The van der Waals surface area contributed by atoms with Crippen molar-refractivity contribution in [2.24, 2.45) is 5.92 Å². The number of rotatable bonds is 6. The van der Waals surface area contributed by atoms with Crippen molar-refractivity contribution in [3.05, 3.63) is 82.8 Å². The van der Waals surface area contributed by atoms with Crippen molar-refractivity contribution in [2.45, 2.75) is 26.9 Å². The summed E-state index contributed by atoms with van der Waals surface area (Å²) in [5.41, 5.74) is 1.73. The molecule has 0 atom stereocenters. The van der Waals surface area contributed by atoms with Crippen molar-refractivity contribution in [1.29, 1.82) is 0 Å². The predicted octanol–water partition coefficient (Wildman–Crippen LogP) is 2.94. The van der Waals surface area contributed by atoms with E-state index in [0.29, 0.717) is 29.5 Å². The van der Waals surface area contributed by atoms with Crippen molar-refractivity contribution < 1.29 is 4.79 Å². The van der Waals surface area contributed by atoms with E-state index in [2.05, 4.69) is 20.5 Å². The molecule has 0 aliphatic carbocycles. The number of amides is 1. The van der Waals surface area contributed by atoms with Gasteiger partial charge in [0.2, 0.25) is 0 Å². The zero-order chi connectivity index (χ0) is 21.1. The standard InChI is InChI=1S/C22H22N6O2/c1-15(2)11-28-22(30)19-6-4-3-5-18(19)20(26-28)21(29)25-17-9-7-16(8-10-17)12-27-14-23-13-24-27/h3-10,13-15H,11-12H2,1-2H3,(H,25,29). The maximum absolute atomic E-state index is 13.0. The third-order valence-corrected chi connectivity index (χ3v) is 4.64. The number of fused-ring (bicyclic) bond motifs is 1. The second kappa shape index (κ2) is 8.28. The van der Waals surface area contributed by atoms with Crippen LogP contribution in [-0.4, -0.2) is 30.5 Å². The molecule has 4 aromatic rings. The Morgan fingerprint density at radius 2 is 1.80 bits per heavy atom. The minimum absolute atomic E-state index is 0.187. The Kier molecular flexibility index (Phi) is 5.38. The molecule has 0 unspecified atom stereocenters. The number of aromatic nitrogens is 5. The van der Waals surface area contributed by atoms with Crippen molar-refractivity contribution in [2.75, 3.05) is 5.32 Å². The van der Waals surface area contributed by atoms with E-state index in [-0.39, 0.29) is 23.1 Å². The molecule has 0 saturated heterocycles. The van der Waals surface area contributed by atoms with Crippen LogP contribution in [0.4, 0.5) is 5.69 Å². The Bertz CT molecular complexity index is 1230. The number of nitrogens with zero attached hydrogens (tertiary/aromatic N) is 5. The normalized spacial score (nSPS) is 11.2. The first-order chi connectivity index (χ1) is 14.5. The zero-order valence-electron chi connectivity index (χ0n) is 16.8. The lowest BCUT2D eigenvalue weighted by molar-refractivity contribution is 0.102. The van der Waals surface area contributed by atoms with Crippen molar-refractivity contribution in [1.82, 2.24) is 24.5 Å². The van der Waals surface area contributed by atoms with Gasteiger partial charge in [0.15, 0.2) is 5.69 Å². The van der Waals surface area contributed by atoms with Crippen LogP contribution < -0.4 is 10.9 Å². The van der Waals surface area contributed by atoms with E-state index in [1.807, 2.05) is 38.1 Å². The Balaban J connectivity index is 1.61. The van der Waals surface area contributed by atoms with Gasteiger partial charge in [-0.15, -0.1) is 0 Å². The fourth-order valence-electron chi connectivity index (χ4n) is 3.26. The molecular weight excluding hydrogens is 380 g/mol. The lowest BCUT2D eigenvalue weighted by Crippen LogP contribution is -2.29. The van der Waals surface area contributed by atoms with Gasteiger partial charge in [0.25, 0.3) is 11.5 Å². The maximum atomic E-state index is 13.0. The molecule has 1 amide bonds. The number of anilines is 1. The molecule has 8 nitrogen and oxygen atoms in total. The van der Waals surface area contributed by atoms with Gasteiger partial charge >= 0.3 is 0 Å². The van der Waals surface area contributed by atoms with E-state index in [9.17, 15) is 9.59 Å². The van der Waals surface area contributed by atoms with Crippen LogP contribution in [0.5, 0.6) is 0 Å². The van der Waals surface area contributed by atoms with Crippen LogP contribution in [0, 0.1) is 5.92 Å². The topological polar surface area (TPSA) is 94.7 Å². The summed E-state index contributed by atoms with van der Waals surface area (Å²) >= 11 is 0. The monoisotopic (exact) mass is 402 g/mol. The van der Waals surface area contributed by atoms with E-state index in [4.69, 9.17) is 0 Å². The van der Waals surface area contributed by atoms with Gasteiger partial charge in [0.1, 0.15) is 12.7 Å². The molecule has 1 N–H and O–H groups in total. The molecule has 2 aromatic carbocycles. The molecule has 152 valence electrons. The van der Waals surface area contributed by atoms with E-state index >= 15 is 0 Å². The molecule has 0 aliphatic heterocycles. The summed E-state index contributed by atoms with van der Waals surface area (Å²) in [6.07, 6.45) is 3.14. The van der Waals surface area contributed by atoms with Gasteiger partial charge in [0, 0.05) is 17.6 Å². The van der Waals surface area contributed by atoms with E-state index in [1.54, 1.807) is 35.3 Å². The summed E-state index contributed by atoms with van der Waals surface area (Å²) in [7, 11) is 0. The molecule has 4 rings (SSSR count). The van der Waals surface area contributed by atoms with Gasteiger partial charge in [-0.05, 0) is 29.7 Å². The lowest BCUT2D eigenvalue weighted by Gasteiger charge is -2.13. The van der Waals surface area contributed by atoms with Crippen LogP contribution in [0.25, 0.3) is 10.8 Å². The maximum Gasteiger partial charge on any atom is 0.276 e. The number of carbonyl (C=O) groups is 1. The van der Waals surface area contributed by atoms with E-state index in [1.165, 1.54) is 11.0 Å². The molecule has 8 heteroatoms. The van der Waals surface area contributed by atoms with Crippen molar-refractivity contribution in [3.63, 3.8) is 0 Å². The Morgan fingerprint density at radius 1 is 1.07 bits per heavy atom. The highest BCUT2D eigenvalue weighted by atomic mass is 16.2.